The molecule has 0 saturated heterocycles. The van der Waals surface area contributed by atoms with Crippen molar-refractivity contribution in [3.05, 3.63) is 64.4 Å². The summed E-state index contributed by atoms with van der Waals surface area (Å²) >= 11 is 1.40. The summed E-state index contributed by atoms with van der Waals surface area (Å²) in [5, 5.41) is 11.6. The van der Waals surface area contributed by atoms with E-state index in [-0.39, 0.29) is 12.2 Å². The minimum atomic E-state index is -0.660. The average Bonchev–Trinajstić information content (AvgIpc) is 2.71. The van der Waals surface area contributed by atoms with Crippen LogP contribution in [0.3, 0.4) is 0 Å². The molecule has 1 aromatic heterocycles. The van der Waals surface area contributed by atoms with E-state index in [4.69, 9.17) is 4.74 Å². The van der Waals surface area contributed by atoms with E-state index >= 15 is 0 Å². The predicted octanol–water partition coefficient (Wildman–Crippen LogP) is 4.04. The molecule has 1 N–H and O–H groups in total. The first-order valence-electron chi connectivity index (χ1n) is 9.59. The van der Waals surface area contributed by atoms with E-state index in [1.807, 2.05) is 55.5 Å². The first-order chi connectivity index (χ1) is 13.6. The van der Waals surface area contributed by atoms with Gasteiger partial charge in [0.15, 0.2) is 5.16 Å². The van der Waals surface area contributed by atoms with Crippen molar-refractivity contribution in [2.75, 3.05) is 12.4 Å². The number of hydrogen-bond donors (Lipinski definition) is 1. The fourth-order valence-corrected chi connectivity index (χ4v) is 3.83. The van der Waals surface area contributed by atoms with Crippen LogP contribution in [0.25, 0.3) is 10.9 Å². The molecule has 1 heterocycles. The van der Waals surface area contributed by atoms with E-state index in [1.54, 1.807) is 4.57 Å². The van der Waals surface area contributed by atoms with Crippen LogP contribution in [0.5, 0.6) is 5.75 Å². The van der Waals surface area contributed by atoms with Gasteiger partial charge in [-0.1, -0.05) is 55.4 Å². The maximum absolute atomic E-state index is 12.9. The number of aromatic nitrogens is 2. The summed E-state index contributed by atoms with van der Waals surface area (Å²) in [7, 11) is 0. The number of hydrogen-bond acceptors (Lipinski definition) is 5. The largest absolute Gasteiger partial charge is 0.491 e. The highest BCUT2D eigenvalue weighted by Crippen LogP contribution is 2.21. The van der Waals surface area contributed by atoms with Crippen molar-refractivity contribution in [1.29, 1.82) is 0 Å². The number of benzene rings is 2. The van der Waals surface area contributed by atoms with Gasteiger partial charge in [-0.25, -0.2) is 4.98 Å². The van der Waals surface area contributed by atoms with E-state index in [0.717, 1.165) is 24.2 Å². The normalized spacial score (nSPS) is 12.2. The molecule has 1 atom stereocenters. The topological polar surface area (TPSA) is 64.3 Å². The lowest BCUT2D eigenvalue weighted by Crippen LogP contribution is -2.25. The number of aliphatic hydroxyl groups excluding tert-OH is 1. The highest BCUT2D eigenvalue weighted by molar-refractivity contribution is 7.99. The first-order valence-corrected chi connectivity index (χ1v) is 10.6. The summed E-state index contributed by atoms with van der Waals surface area (Å²) in [6.07, 6.45) is 1.25. The van der Waals surface area contributed by atoms with Crippen LogP contribution in [0.2, 0.25) is 0 Å². The number of fused-ring (bicyclic) bond motifs is 1. The second kappa shape index (κ2) is 9.75. The fourth-order valence-electron chi connectivity index (χ4n) is 2.89. The molecule has 148 valence electrons. The molecule has 28 heavy (non-hydrogen) atoms. The van der Waals surface area contributed by atoms with Crippen molar-refractivity contribution < 1.29 is 9.84 Å². The van der Waals surface area contributed by atoms with Gasteiger partial charge in [0, 0.05) is 12.3 Å². The van der Waals surface area contributed by atoms with Crippen molar-refractivity contribution >= 4 is 22.7 Å². The zero-order valence-electron chi connectivity index (χ0n) is 16.3. The maximum atomic E-state index is 12.9. The van der Waals surface area contributed by atoms with Gasteiger partial charge in [-0.05, 0) is 37.1 Å². The molecule has 0 aliphatic carbocycles. The molecule has 5 nitrogen and oxygen atoms in total. The molecule has 3 aromatic rings. The van der Waals surface area contributed by atoms with Crippen LogP contribution in [0.1, 0.15) is 25.3 Å². The third kappa shape index (κ3) is 4.94. The Kier molecular flexibility index (Phi) is 7.12. The molecule has 6 heteroatoms. The maximum Gasteiger partial charge on any atom is 0.262 e. The van der Waals surface area contributed by atoms with Gasteiger partial charge in [-0.15, -0.1) is 0 Å². The molecule has 0 radical (unpaired) electrons. The third-order valence-electron chi connectivity index (χ3n) is 4.49. The molecule has 2 aromatic carbocycles. The minimum Gasteiger partial charge on any atom is -0.491 e. The van der Waals surface area contributed by atoms with E-state index in [0.29, 0.717) is 28.4 Å². The molecular weight excluding hydrogens is 372 g/mol. The van der Waals surface area contributed by atoms with Crippen LogP contribution >= 0.6 is 11.8 Å². The Balaban J connectivity index is 1.72. The average molecular weight is 399 g/mol. The van der Waals surface area contributed by atoms with Crippen LogP contribution in [0.15, 0.2) is 58.5 Å². The van der Waals surface area contributed by atoms with E-state index in [1.165, 1.54) is 11.8 Å². The molecule has 3 rings (SSSR count). The quantitative estimate of drug-likeness (QED) is 0.435. The van der Waals surface area contributed by atoms with Crippen LogP contribution in [0, 0.1) is 6.92 Å². The number of rotatable bonds is 9. The SMILES string of the molecule is CCCCn1c(SC[C@@H](O)COc2ccccc2C)nc2ccccc2c1=O. The molecule has 0 bridgehead atoms. The zero-order valence-corrected chi connectivity index (χ0v) is 17.1. The molecule has 0 spiro atoms. The Morgan fingerprint density at radius 1 is 1.18 bits per heavy atom. The summed E-state index contributed by atoms with van der Waals surface area (Å²) in [6.45, 7) is 4.90. The molecule has 0 aliphatic heterocycles. The number of aryl methyl sites for hydroxylation is 1. The van der Waals surface area contributed by atoms with Crippen molar-refractivity contribution in [2.45, 2.75) is 44.5 Å². The Morgan fingerprint density at radius 2 is 1.93 bits per heavy atom. The Labute approximate surface area is 169 Å². The Hall–Kier alpha value is -2.31. The number of para-hydroxylation sites is 2. The van der Waals surface area contributed by atoms with Crippen LogP contribution in [0.4, 0.5) is 0 Å². The van der Waals surface area contributed by atoms with Crippen molar-refractivity contribution in [1.82, 2.24) is 9.55 Å². The summed E-state index contributed by atoms with van der Waals surface area (Å²) in [5.41, 5.74) is 1.70. The lowest BCUT2D eigenvalue weighted by atomic mass is 10.2. The van der Waals surface area contributed by atoms with Crippen LogP contribution < -0.4 is 10.3 Å². The molecular formula is C22H26N2O3S. The summed E-state index contributed by atoms with van der Waals surface area (Å²) in [5.74, 6) is 1.18. The molecule has 0 fully saturated rings. The zero-order chi connectivity index (χ0) is 19.9. The molecule has 0 unspecified atom stereocenters. The second-order valence-corrected chi connectivity index (χ2v) is 7.75. The number of ether oxygens (including phenoxy) is 1. The van der Waals surface area contributed by atoms with Gasteiger partial charge in [-0.3, -0.25) is 9.36 Å². The first kappa shape index (κ1) is 20.4. The molecule has 0 saturated carbocycles. The number of aliphatic hydroxyl groups is 1. The molecule has 0 aliphatic rings. The van der Waals surface area contributed by atoms with E-state index in [2.05, 4.69) is 11.9 Å². The smallest absolute Gasteiger partial charge is 0.262 e. The number of nitrogens with zero attached hydrogens (tertiary/aromatic N) is 2. The van der Waals surface area contributed by atoms with Gasteiger partial charge in [0.25, 0.3) is 5.56 Å². The van der Waals surface area contributed by atoms with Crippen molar-refractivity contribution in [2.24, 2.45) is 0 Å². The van der Waals surface area contributed by atoms with Gasteiger partial charge < -0.3 is 9.84 Å². The fraction of sp³-hybridized carbons (Fsp3) is 0.364. The lowest BCUT2D eigenvalue weighted by Gasteiger charge is -2.16. The van der Waals surface area contributed by atoms with Crippen LogP contribution in [-0.4, -0.2) is 33.1 Å². The van der Waals surface area contributed by atoms with Gasteiger partial charge in [0.2, 0.25) is 0 Å². The standard InChI is InChI=1S/C22H26N2O3S/c1-3-4-13-24-21(26)18-10-6-7-11-19(18)23-22(24)28-15-17(25)14-27-20-12-8-5-9-16(20)2/h5-12,17,25H,3-4,13-15H2,1-2H3/t17-/m0/s1. The predicted molar refractivity (Wildman–Crippen MR) is 114 cm³/mol. The summed E-state index contributed by atoms with van der Waals surface area (Å²) in [6, 6.07) is 15.1. The number of unbranched alkanes of at least 4 members (excludes halogenated alkanes) is 1. The highest BCUT2D eigenvalue weighted by atomic mass is 32.2. The summed E-state index contributed by atoms with van der Waals surface area (Å²) in [4.78, 5) is 17.5. The highest BCUT2D eigenvalue weighted by Gasteiger charge is 2.14. The monoisotopic (exact) mass is 398 g/mol. The van der Waals surface area contributed by atoms with Gasteiger partial charge in [0.05, 0.1) is 17.0 Å². The van der Waals surface area contributed by atoms with Crippen molar-refractivity contribution in [3.63, 3.8) is 0 Å². The minimum absolute atomic E-state index is 0.0211. The Morgan fingerprint density at radius 3 is 2.71 bits per heavy atom. The van der Waals surface area contributed by atoms with Gasteiger partial charge in [0.1, 0.15) is 12.4 Å². The van der Waals surface area contributed by atoms with E-state index in [9.17, 15) is 9.90 Å². The van der Waals surface area contributed by atoms with Crippen LogP contribution in [-0.2, 0) is 6.54 Å². The number of thioether (sulfide) groups is 1. The second-order valence-electron chi connectivity index (χ2n) is 6.76. The van der Waals surface area contributed by atoms with Gasteiger partial charge >= 0.3 is 0 Å². The van der Waals surface area contributed by atoms with E-state index < -0.39 is 6.10 Å². The van der Waals surface area contributed by atoms with Gasteiger partial charge in [-0.2, -0.15) is 0 Å². The third-order valence-corrected chi connectivity index (χ3v) is 5.61. The Bertz CT molecular complexity index is 987. The van der Waals surface area contributed by atoms with Crippen molar-refractivity contribution in [3.8, 4) is 5.75 Å². The lowest BCUT2D eigenvalue weighted by molar-refractivity contribution is 0.126. The summed E-state index contributed by atoms with van der Waals surface area (Å²) < 4.78 is 7.45. The molecule has 0 amide bonds.